The Bertz CT molecular complexity index is 697. The molecule has 1 rings (SSSR count). The molecular formula is C31H52O9. The summed E-state index contributed by atoms with van der Waals surface area (Å²) in [5, 5.41) is 0. The van der Waals surface area contributed by atoms with E-state index >= 15 is 0 Å². The fourth-order valence-electron chi connectivity index (χ4n) is 3.71. The lowest BCUT2D eigenvalue weighted by Crippen LogP contribution is -2.15. The second kappa shape index (κ2) is 28.5. The monoisotopic (exact) mass is 568 g/mol. The Morgan fingerprint density at radius 1 is 0.575 bits per heavy atom. The molecule has 9 nitrogen and oxygen atoms in total. The molecule has 0 radical (unpaired) electrons. The van der Waals surface area contributed by atoms with Gasteiger partial charge in [0.25, 0.3) is 0 Å². The van der Waals surface area contributed by atoms with Crippen LogP contribution in [0.1, 0.15) is 81.5 Å². The van der Waals surface area contributed by atoms with Crippen LogP contribution >= 0.6 is 0 Å². The summed E-state index contributed by atoms with van der Waals surface area (Å²) in [5.41, 5.74) is 0.619. The van der Waals surface area contributed by atoms with E-state index in [2.05, 4.69) is 6.92 Å². The summed E-state index contributed by atoms with van der Waals surface area (Å²) in [6, 6.07) is 6.93. The number of carbonyl (C=O) groups excluding carboxylic acids is 2. The Hall–Kier alpha value is -2.04. The van der Waals surface area contributed by atoms with Gasteiger partial charge >= 0.3 is 5.97 Å². The molecule has 0 N–H and O–H groups in total. The van der Waals surface area contributed by atoms with Crippen molar-refractivity contribution < 1.29 is 42.7 Å². The van der Waals surface area contributed by atoms with E-state index in [1.165, 1.54) is 44.9 Å². The summed E-state index contributed by atoms with van der Waals surface area (Å²) in [4.78, 5) is 22.4. The van der Waals surface area contributed by atoms with Crippen molar-refractivity contribution in [1.82, 2.24) is 0 Å². The molecule has 40 heavy (non-hydrogen) atoms. The summed E-state index contributed by atoms with van der Waals surface area (Å²) in [7, 11) is 0. The Morgan fingerprint density at radius 3 is 1.48 bits per heavy atom. The fourth-order valence-corrected chi connectivity index (χ4v) is 3.71. The zero-order valence-electron chi connectivity index (χ0n) is 24.6. The first-order valence-electron chi connectivity index (χ1n) is 15.0. The number of hydrogen-bond acceptors (Lipinski definition) is 9. The first-order valence-corrected chi connectivity index (χ1v) is 15.0. The minimum Gasteiger partial charge on any atom is -0.491 e. The molecule has 0 fully saturated rings. The van der Waals surface area contributed by atoms with Crippen LogP contribution in [0, 0.1) is 0 Å². The average Bonchev–Trinajstić information content (AvgIpc) is 2.97. The van der Waals surface area contributed by atoms with Crippen LogP contribution in [0.15, 0.2) is 24.3 Å². The van der Waals surface area contributed by atoms with Gasteiger partial charge in [0.15, 0.2) is 0 Å². The number of aldehydes is 1. The molecule has 0 aliphatic carbocycles. The first kappa shape index (κ1) is 36.0. The van der Waals surface area contributed by atoms with Crippen molar-refractivity contribution in [3.63, 3.8) is 0 Å². The number of esters is 1. The number of benzene rings is 1. The predicted octanol–water partition coefficient (Wildman–Crippen LogP) is 5.43. The smallest absolute Gasteiger partial charge is 0.305 e. The summed E-state index contributed by atoms with van der Waals surface area (Å²) < 4.78 is 38.0. The number of carbonyl (C=O) groups is 2. The second-order valence-electron chi connectivity index (χ2n) is 9.40. The van der Waals surface area contributed by atoms with E-state index in [0.29, 0.717) is 90.4 Å². The highest BCUT2D eigenvalue weighted by Gasteiger charge is 2.03. The Labute approximate surface area is 241 Å². The maximum Gasteiger partial charge on any atom is 0.305 e. The molecule has 0 saturated carbocycles. The van der Waals surface area contributed by atoms with Crippen molar-refractivity contribution in [2.24, 2.45) is 0 Å². The summed E-state index contributed by atoms with van der Waals surface area (Å²) in [5.74, 6) is 0.567. The zero-order valence-corrected chi connectivity index (χ0v) is 24.6. The molecule has 0 aromatic heterocycles. The van der Waals surface area contributed by atoms with E-state index in [4.69, 9.17) is 33.2 Å². The maximum absolute atomic E-state index is 11.7. The SMILES string of the molecule is CCCCCCCCCCCC(=O)OCCOCCOCCOCCOCCOCCOc1ccc(C=O)cc1. The summed E-state index contributed by atoms with van der Waals surface area (Å²) in [6.07, 6.45) is 12.4. The van der Waals surface area contributed by atoms with Crippen molar-refractivity contribution in [3.8, 4) is 5.75 Å². The van der Waals surface area contributed by atoms with Gasteiger partial charge in [-0.05, 0) is 30.7 Å². The van der Waals surface area contributed by atoms with Gasteiger partial charge in [0, 0.05) is 12.0 Å². The van der Waals surface area contributed by atoms with Gasteiger partial charge in [0.2, 0.25) is 0 Å². The van der Waals surface area contributed by atoms with E-state index in [0.717, 1.165) is 19.1 Å². The molecule has 9 heteroatoms. The van der Waals surface area contributed by atoms with Crippen LogP contribution in [0.5, 0.6) is 5.75 Å². The van der Waals surface area contributed by atoms with E-state index in [1.807, 2.05) is 0 Å². The third-order valence-corrected chi connectivity index (χ3v) is 5.98. The van der Waals surface area contributed by atoms with E-state index < -0.39 is 0 Å². The molecule has 0 saturated heterocycles. The van der Waals surface area contributed by atoms with Gasteiger partial charge in [-0.25, -0.2) is 0 Å². The van der Waals surface area contributed by atoms with Gasteiger partial charge in [-0.15, -0.1) is 0 Å². The second-order valence-corrected chi connectivity index (χ2v) is 9.40. The summed E-state index contributed by atoms with van der Waals surface area (Å²) >= 11 is 0. The molecular weight excluding hydrogens is 516 g/mol. The largest absolute Gasteiger partial charge is 0.491 e. The lowest BCUT2D eigenvalue weighted by molar-refractivity contribution is -0.145. The molecule has 0 bridgehead atoms. The molecule has 0 unspecified atom stereocenters. The van der Waals surface area contributed by atoms with Crippen LogP contribution in [0.4, 0.5) is 0 Å². The Balaban J connectivity index is 1.70. The van der Waals surface area contributed by atoms with Crippen LogP contribution in [-0.2, 0) is 33.2 Å². The molecule has 1 aromatic rings. The standard InChI is InChI=1S/C31H52O9/c1-2-3-4-5-6-7-8-9-10-11-31(33)40-27-25-38-23-21-36-19-17-34-16-18-35-20-22-37-24-26-39-30-14-12-29(28-32)13-15-30/h12-15,28H,2-11,16-27H2,1H3. The molecule has 0 heterocycles. The molecule has 0 aliphatic rings. The lowest BCUT2D eigenvalue weighted by atomic mass is 10.1. The normalized spacial score (nSPS) is 11.0. The highest BCUT2D eigenvalue weighted by molar-refractivity contribution is 5.74. The maximum atomic E-state index is 11.7. The minimum absolute atomic E-state index is 0.138. The predicted molar refractivity (Wildman–Crippen MR) is 154 cm³/mol. The number of hydrogen-bond donors (Lipinski definition) is 0. The average molecular weight is 569 g/mol. The quantitative estimate of drug-likeness (QED) is 0.0684. The number of rotatable bonds is 30. The van der Waals surface area contributed by atoms with Gasteiger partial charge in [-0.2, -0.15) is 0 Å². The molecule has 230 valence electrons. The third kappa shape index (κ3) is 23.8. The Kier molecular flexibility index (Phi) is 25.6. The third-order valence-electron chi connectivity index (χ3n) is 5.98. The molecule has 0 atom stereocenters. The van der Waals surface area contributed by atoms with Crippen LogP contribution in [0.3, 0.4) is 0 Å². The molecule has 0 amide bonds. The van der Waals surface area contributed by atoms with Crippen LogP contribution in [-0.4, -0.2) is 91.5 Å². The Morgan fingerprint density at radius 2 is 1.00 bits per heavy atom. The topological polar surface area (TPSA) is 98.8 Å². The molecule has 0 spiro atoms. The summed E-state index contributed by atoms with van der Waals surface area (Å²) in [6.45, 7) is 7.64. The number of unbranched alkanes of at least 4 members (excludes halogenated alkanes) is 8. The molecule has 0 aliphatic heterocycles. The van der Waals surface area contributed by atoms with Crippen molar-refractivity contribution >= 4 is 12.3 Å². The van der Waals surface area contributed by atoms with Crippen LogP contribution in [0.25, 0.3) is 0 Å². The molecule has 1 aromatic carbocycles. The lowest BCUT2D eigenvalue weighted by Gasteiger charge is -2.09. The van der Waals surface area contributed by atoms with Crippen LogP contribution in [0.2, 0.25) is 0 Å². The van der Waals surface area contributed by atoms with Gasteiger partial charge in [-0.1, -0.05) is 58.3 Å². The minimum atomic E-state index is -0.138. The van der Waals surface area contributed by atoms with Crippen LogP contribution < -0.4 is 4.74 Å². The van der Waals surface area contributed by atoms with E-state index in [-0.39, 0.29) is 12.6 Å². The number of ether oxygens (including phenoxy) is 7. The van der Waals surface area contributed by atoms with Gasteiger partial charge in [0.05, 0.1) is 66.1 Å². The van der Waals surface area contributed by atoms with Gasteiger partial charge < -0.3 is 33.2 Å². The van der Waals surface area contributed by atoms with Crippen molar-refractivity contribution in [2.45, 2.75) is 71.1 Å². The van der Waals surface area contributed by atoms with Gasteiger partial charge in [-0.3, -0.25) is 9.59 Å². The van der Waals surface area contributed by atoms with Crippen molar-refractivity contribution in [2.75, 3.05) is 79.3 Å². The van der Waals surface area contributed by atoms with E-state index in [9.17, 15) is 9.59 Å². The highest BCUT2D eigenvalue weighted by Crippen LogP contribution is 2.11. The first-order chi connectivity index (χ1) is 19.8. The van der Waals surface area contributed by atoms with Crippen molar-refractivity contribution in [3.05, 3.63) is 29.8 Å². The highest BCUT2D eigenvalue weighted by atomic mass is 16.6. The fraction of sp³-hybridized carbons (Fsp3) is 0.742. The van der Waals surface area contributed by atoms with Gasteiger partial charge in [0.1, 0.15) is 25.2 Å². The van der Waals surface area contributed by atoms with E-state index in [1.54, 1.807) is 24.3 Å². The van der Waals surface area contributed by atoms with Crippen molar-refractivity contribution in [1.29, 1.82) is 0 Å². The zero-order chi connectivity index (χ0) is 28.8.